The monoisotopic (exact) mass is 321 g/mol. The van der Waals surface area contributed by atoms with Gasteiger partial charge in [-0.3, -0.25) is 0 Å². The molecule has 2 nitrogen and oxygen atoms in total. The number of hydrogen-bond donors (Lipinski definition) is 0. The van der Waals surface area contributed by atoms with E-state index < -0.39 is 0 Å². The van der Waals surface area contributed by atoms with E-state index in [9.17, 15) is 0 Å². The van der Waals surface area contributed by atoms with Gasteiger partial charge in [0.05, 0.1) is 6.10 Å². The first kappa shape index (κ1) is 16.3. The molecule has 0 saturated carbocycles. The van der Waals surface area contributed by atoms with Crippen molar-refractivity contribution in [3.63, 3.8) is 0 Å². The smallest absolute Gasteiger partial charge is 0.0702 e. The highest BCUT2D eigenvalue weighted by atomic mass is 35.5. The average molecular weight is 322 g/mol. The molecular formula is C19H28ClNO. The Labute approximate surface area is 140 Å². The second-order valence-corrected chi connectivity index (χ2v) is 7.23. The molecule has 4 rings (SSSR count). The van der Waals surface area contributed by atoms with Crippen LogP contribution in [0.2, 0.25) is 0 Å². The summed E-state index contributed by atoms with van der Waals surface area (Å²) in [5.74, 6) is 0. The summed E-state index contributed by atoms with van der Waals surface area (Å²) >= 11 is 0. The Kier molecular flexibility index (Phi) is 5.11. The molecule has 2 fully saturated rings. The molecule has 1 aromatic carbocycles. The standard InChI is InChI=1S/C19H27NO.ClH/c1-2-8-18-16(5-1)6-3-9-19(18)10-12-20(13-11-19)15-17-7-4-14-21-17;/h1-2,5,8,17H,3-4,6-7,9-15H2;1H. The highest BCUT2D eigenvalue weighted by Crippen LogP contribution is 2.44. The lowest BCUT2D eigenvalue weighted by atomic mass is 9.65. The quantitative estimate of drug-likeness (QED) is 0.817. The van der Waals surface area contributed by atoms with Crippen LogP contribution in [0.4, 0.5) is 0 Å². The zero-order valence-corrected chi connectivity index (χ0v) is 14.2. The van der Waals surface area contributed by atoms with Crippen molar-refractivity contribution in [2.75, 3.05) is 26.2 Å². The highest BCUT2D eigenvalue weighted by Gasteiger charge is 2.39. The zero-order valence-electron chi connectivity index (χ0n) is 13.4. The number of piperidine rings is 1. The summed E-state index contributed by atoms with van der Waals surface area (Å²) in [5.41, 5.74) is 3.78. The molecule has 1 unspecified atom stereocenters. The second kappa shape index (κ2) is 6.90. The number of hydrogen-bond acceptors (Lipinski definition) is 2. The number of likely N-dealkylation sites (tertiary alicyclic amines) is 1. The second-order valence-electron chi connectivity index (χ2n) is 7.23. The maximum atomic E-state index is 5.81. The number of aryl methyl sites for hydroxylation is 1. The molecule has 0 N–H and O–H groups in total. The number of halogens is 1. The van der Waals surface area contributed by atoms with Gasteiger partial charge in [-0.15, -0.1) is 12.4 Å². The Morgan fingerprint density at radius 2 is 1.91 bits per heavy atom. The molecule has 0 bridgehead atoms. The van der Waals surface area contributed by atoms with E-state index in [1.54, 1.807) is 11.1 Å². The Morgan fingerprint density at radius 3 is 2.68 bits per heavy atom. The molecule has 0 aromatic heterocycles. The van der Waals surface area contributed by atoms with E-state index in [0.717, 1.165) is 13.2 Å². The fraction of sp³-hybridized carbons (Fsp3) is 0.684. The molecule has 2 saturated heterocycles. The van der Waals surface area contributed by atoms with E-state index in [4.69, 9.17) is 4.74 Å². The summed E-state index contributed by atoms with van der Waals surface area (Å²) in [6.45, 7) is 4.66. The van der Waals surface area contributed by atoms with Crippen LogP contribution in [0.3, 0.4) is 0 Å². The summed E-state index contributed by atoms with van der Waals surface area (Å²) < 4.78 is 5.81. The van der Waals surface area contributed by atoms with Crippen LogP contribution in [0.5, 0.6) is 0 Å². The molecule has 3 aliphatic rings. The lowest BCUT2D eigenvalue weighted by molar-refractivity contribution is 0.0527. The number of ether oxygens (including phenoxy) is 1. The molecule has 2 aliphatic heterocycles. The average Bonchev–Trinajstić information content (AvgIpc) is 3.03. The third kappa shape index (κ3) is 3.06. The Bertz CT molecular complexity index is 490. The van der Waals surface area contributed by atoms with Crippen molar-refractivity contribution in [3.05, 3.63) is 35.4 Å². The molecule has 0 amide bonds. The van der Waals surface area contributed by atoms with Crippen molar-refractivity contribution in [3.8, 4) is 0 Å². The van der Waals surface area contributed by atoms with Crippen molar-refractivity contribution in [2.45, 2.75) is 56.5 Å². The molecule has 2 heterocycles. The van der Waals surface area contributed by atoms with Crippen molar-refractivity contribution >= 4 is 12.4 Å². The summed E-state index contributed by atoms with van der Waals surface area (Å²) in [5, 5.41) is 0. The van der Waals surface area contributed by atoms with Gasteiger partial charge in [0.25, 0.3) is 0 Å². The van der Waals surface area contributed by atoms with Crippen LogP contribution >= 0.6 is 12.4 Å². The lowest BCUT2D eigenvalue weighted by Gasteiger charge is -2.46. The SMILES string of the molecule is Cl.c1ccc2c(c1)CCCC21CCN(CC2CCCO2)CC1. The van der Waals surface area contributed by atoms with Crippen LogP contribution in [0.15, 0.2) is 24.3 Å². The highest BCUT2D eigenvalue weighted by molar-refractivity contribution is 5.85. The molecule has 0 radical (unpaired) electrons. The molecular weight excluding hydrogens is 294 g/mol. The summed E-state index contributed by atoms with van der Waals surface area (Å²) in [4.78, 5) is 2.65. The minimum Gasteiger partial charge on any atom is -0.377 e. The molecule has 1 spiro atoms. The first-order chi connectivity index (χ1) is 10.4. The fourth-order valence-electron chi connectivity index (χ4n) is 4.77. The molecule has 1 aliphatic carbocycles. The minimum atomic E-state index is 0. The van der Waals surface area contributed by atoms with Gasteiger partial charge in [-0.1, -0.05) is 24.3 Å². The number of rotatable bonds is 2. The topological polar surface area (TPSA) is 12.5 Å². The van der Waals surface area contributed by atoms with Crippen molar-refractivity contribution < 1.29 is 4.74 Å². The number of benzene rings is 1. The van der Waals surface area contributed by atoms with Gasteiger partial charge in [-0.2, -0.15) is 0 Å². The molecule has 1 aromatic rings. The van der Waals surface area contributed by atoms with Gasteiger partial charge >= 0.3 is 0 Å². The van der Waals surface area contributed by atoms with Gasteiger partial charge in [-0.05, 0) is 74.6 Å². The van der Waals surface area contributed by atoms with Crippen molar-refractivity contribution in [1.82, 2.24) is 4.90 Å². The van der Waals surface area contributed by atoms with Gasteiger partial charge in [-0.25, -0.2) is 0 Å². The van der Waals surface area contributed by atoms with Crippen molar-refractivity contribution in [2.24, 2.45) is 0 Å². The Morgan fingerprint density at radius 1 is 1.09 bits per heavy atom. The van der Waals surface area contributed by atoms with E-state index in [-0.39, 0.29) is 12.4 Å². The molecule has 122 valence electrons. The summed E-state index contributed by atoms with van der Waals surface area (Å²) in [6, 6.07) is 9.22. The largest absolute Gasteiger partial charge is 0.377 e. The van der Waals surface area contributed by atoms with E-state index in [0.29, 0.717) is 11.5 Å². The van der Waals surface area contributed by atoms with Crippen LogP contribution in [0, 0.1) is 0 Å². The predicted molar refractivity (Wildman–Crippen MR) is 93.0 cm³/mol. The molecule has 1 atom stereocenters. The van der Waals surface area contributed by atoms with Gasteiger partial charge < -0.3 is 9.64 Å². The molecule has 3 heteroatoms. The number of fused-ring (bicyclic) bond motifs is 2. The van der Waals surface area contributed by atoms with Gasteiger partial charge in [0.15, 0.2) is 0 Å². The van der Waals surface area contributed by atoms with Crippen LogP contribution in [0.1, 0.15) is 49.7 Å². The van der Waals surface area contributed by atoms with Crippen LogP contribution in [-0.2, 0) is 16.6 Å². The minimum absolute atomic E-state index is 0. The first-order valence-electron chi connectivity index (χ1n) is 8.78. The Hall–Kier alpha value is -0.570. The summed E-state index contributed by atoms with van der Waals surface area (Å²) in [7, 11) is 0. The lowest BCUT2D eigenvalue weighted by Crippen LogP contribution is -2.46. The van der Waals surface area contributed by atoms with Crippen molar-refractivity contribution in [1.29, 1.82) is 0 Å². The van der Waals surface area contributed by atoms with Crippen LogP contribution in [0.25, 0.3) is 0 Å². The first-order valence-corrected chi connectivity index (χ1v) is 8.78. The fourth-order valence-corrected chi connectivity index (χ4v) is 4.77. The third-order valence-electron chi connectivity index (χ3n) is 5.99. The third-order valence-corrected chi connectivity index (χ3v) is 5.99. The van der Waals surface area contributed by atoms with E-state index in [1.165, 1.54) is 58.0 Å². The number of nitrogens with zero attached hydrogens (tertiary/aromatic N) is 1. The van der Waals surface area contributed by atoms with Gasteiger partial charge in [0.2, 0.25) is 0 Å². The molecule has 22 heavy (non-hydrogen) atoms. The maximum Gasteiger partial charge on any atom is 0.0702 e. The van der Waals surface area contributed by atoms with Crippen LogP contribution < -0.4 is 0 Å². The summed E-state index contributed by atoms with van der Waals surface area (Å²) in [6.07, 6.45) is 9.80. The van der Waals surface area contributed by atoms with E-state index in [2.05, 4.69) is 29.2 Å². The van der Waals surface area contributed by atoms with Gasteiger partial charge in [0, 0.05) is 13.2 Å². The maximum absolute atomic E-state index is 5.81. The van der Waals surface area contributed by atoms with Gasteiger partial charge in [0.1, 0.15) is 0 Å². The Balaban J connectivity index is 0.00000144. The zero-order chi connectivity index (χ0) is 14.1. The van der Waals surface area contributed by atoms with E-state index >= 15 is 0 Å². The van der Waals surface area contributed by atoms with Crippen LogP contribution in [-0.4, -0.2) is 37.2 Å². The predicted octanol–water partition coefficient (Wildman–Crippen LogP) is 3.96. The van der Waals surface area contributed by atoms with E-state index in [1.807, 2.05) is 0 Å². The normalized spacial score (nSPS) is 27.4.